The molecule has 0 radical (unpaired) electrons. The number of fused-ring (bicyclic) bond motifs is 1. The molecule has 0 spiro atoms. The van der Waals surface area contributed by atoms with Crippen LogP contribution in [0.1, 0.15) is 33.1 Å². The number of hydrogen-bond donors (Lipinski definition) is 3. The number of carbonyl (C=O) groups is 1. The summed E-state index contributed by atoms with van der Waals surface area (Å²) in [5.74, 6) is 0.0516. The lowest BCUT2D eigenvalue weighted by Crippen LogP contribution is -2.80. The Kier molecular flexibility index (Phi) is 2.76. The van der Waals surface area contributed by atoms with Gasteiger partial charge in [-0.25, -0.2) is 0 Å². The van der Waals surface area contributed by atoms with Gasteiger partial charge in [-0.2, -0.15) is 0 Å². The summed E-state index contributed by atoms with van der Waals surface area (Å²) in [6.45, 7) is 5.40. The molecule has 1 saturated heterocycles. The molecule has 108 valence electrons. The maximum absolute atomic E-state index is 12.5. The topological polar surface area (TPSA) is 84.6 Å². The normalized spacial score (nSPS) is 41.3. The van der Waals surface area contributed by atoms with E-state index in [9.17, 15) is 9.90 Å². The van der Waals surface area contributed by atoms with Crippen LogP contribution in [-0.4, -0.2) is 42.4 Å². The van der Waals surface area contributed by atoms with Crippen molar-refractivity contribution in [2.24, 2.45) is 22.5 Å². The van der Waals surface area contributed by atoms with E-state index in [2.05, 4.69) is 5.32 Å². The summed E-state index contributed by atoms with van der Waals surface area (Å²) in [5, 5.41) is 12.3. The number of aliphatic hydroxyl groups excluding tert-OH is 1. The van der Waals surface area contributed by atoms with E-state index in [-0.39, 0.29) is 35.4 Å². The largest absolute Gasteiger partial charge is 0.396 e. The predicted molar refractivity (Wildman–Crippen MR) is 70.3 cm³/mol. The van der Waals surface area contributed by atoms with Gasteiger partial charge in [0.15, 0.2) is 0 Å². The van der Waals surface area contributed by atoms with Crippen molar-refractivity contribution in [3.8, 4) is 0 Å². The third-order valence-corrected chi connectivity index (χ3v) is 5.75. The summed E-state index contributed by atoms with van der Waals surface area (Å²) in [5.41, 5.74) is 5.21. The Labute approximate surface area is 113 Å². The Morgan fingerprint density at radius 1 is 1.47 bits per heavy atom. The summed E-state index contributed by atoms with van der Waals surface area (Å²) >= 11 is 0. The Morgan fingerprint density at radius 2 is 2.16 bits per heavy atom. The minimum absolute atomic E-state index is 0.0779. The summed E-state index contributed by atoms with van der Waals surface area (Å²) in [6, 6.07) is 0. The smallest absolute Gasteiger partial charge is 0.241 e. The molecule has 0 aromatic rings. The molecule has 5 heteroatoms. The molecule has 0 bridgehead atoms. The highest BCUT2D eigenvalue weighted by molar-refractivity contribution is 5.89. The lowest BCUT2D eigenvalue weighted by molar-refractivity contribution is -0.175. The molecule has 3 aliphatic rings. The van der Waals surface area contributed by atoms with E-state index < -0.39 is 5.54 Å². The van der Waals surface area contributed by atoms with Gasteiger partial charge in [-0.1, -0.05) is 13.8 Å². The van der Waals surface area contributed by atoms with Gasteiger partial charge in [-0.05, 0) is 19.3 Å². The van der Waals surface area contributed by atoms with Crippen molar-refractivity contribution in [1.29, 1.82) is 0 Å². The van der Waals surface area contributed by atoms with E-state index >= 15 is 0 Å². The van der Waals surface area contributed by atoms with Gasteiger partial charge in [0.1, 0.15) is 5.54 Å². The van der Waals surface area contributed by atoms with Crippen LogP contribution in [0.25, 0.3) is 0 Å². The van der Waals surface area contributed by atoms with E-state index in [1.165, 1.54) is 0 Å². The zero-order chi connectivity index (χ0) is 13.9. The van der Waals surface area contributed by atoms with Crippen molar-refractivity contribution >= 4 is 5.91 Å². The first-order valence-electron chi connectivity index (χ1n) is 7.17. The first-order valence-corrected chi connectivity index (χ1v) is 7.17. The number of rotatable bonds is 4. The minimum atomic E-state index is -0.834. The molecule has 2 saturated carbocycles. The fourth-order valence-corrected chi connectivity index (χ4v) is 3.83. The van der Waals surface area contributed by atoms with Gasteiger partial charge in [0.05, 0.1) is 12.7 Å². The van der Waals surface area contributed by atoms with Crippen molar-refractivity contribution < 1.29 is 14.6 Å². The Balaban J connectivity index is 1.68. The molecule has 3 unspecified atom stereocenters. The molecule has 0 aromatic carbocycles. The lowest BCUT2D eigenvalue weighted by Gasteiger charge is -2.60. The second kappa shape index (κ2) is 3.93. The number of nitrogens with two attached hydrogens (primary N) is 1. The molecule has 4 N–H and O–H groups in total. The Bertz CT molecular complexity index is 405. The molecular formula is C14H24N2O3. The summed E-state index contributed by atoms with van der Waals surface area (Å²) < 4.78 is 5.69. The molecule has 1 heterocycles. The van der Waals surface area contributed by atoms with Crippen LogP contribution in [0.5, 0.6) is 0 Å². The summed E-state index contributed by atoms with van der Waals surface area (Å²) in [7, 11) is 0. The average molecular weight is 268 g/mol. The van der Waals surface area contributed by atoms with Crippen LogP contribution in [0, 0.1) is 16.7 Å². The Hall–Kier alpha value is -0.650. The van der Waals surface area contributed by atoms with E-state index in [0.717, 1.165) is 19.3 Å². The molecule has 2 aliphatic carbocycles. The molecule has 3 fully saturated rings. The maximum Gasteiger partial charge on any atom is 0.241 e. The zero-order valence-electron chi connectivity index (χ0n) is 11.7. The van der Waals surface area contributed by atoms with Crippen molar-refractivity contribution in [3.05, 3.63) is 0 Å². The highest BCUT2D eigenvalue weighted by atomic mass is 16.5. The number of amides is 1. The fraction of sp³-hybridized carbons (Fsp3) is 0.929. The van der Waals surface area contributed by atoms with Gasteiger partial charge >= 0.3 is 0 Å². The molecule has 19 heavy (non-hydrogen) atoms. The van der Waals surface area contributed by atoms with Gasteiger partial charge in [0.2, 0.25) is 5.91 Å². The number of carbonyl (C=O) groups excluding carboxylic acids is 1. The number of aliphatic hydroxyl groups is 1. The van der Waals surface area contributed by atoms with Gasteiger partial charge in [0, 0.05) is 29.9 Å². The SMILES string of the molecule is CC1(C)C2OCCC2C1(N)C(=O)NCC1(CO)CC1. The van der Waals surface area contributed by atoms with Gasteiger partial charge in [0.25, 0.3) is 0 Å². The highest BCUT2D eigenvalue weighted by Crippen LogP contribution is 2.58. The van der Waals surface area contributed by atoms with Crippen LogP contribution in [-0.2, 0) is 9.53 Å². The van der Waals surface area contributed by atoms with E-state index in [1.54, 1.807) is 0 Å². The monoisotopic (exact) mass is 268 g/mol. The number of hydrogen-bond acceptors (Lipinski definition) is 4. The van der Waals surface area contributed by atoms with Gasteiger partial charge in [-0.15, -0.1) is 0 Å². The first-order chi connectivity index (χ1) is 8.87. The van der Waals surface area contributed by atoms with Crippen molar-refractivity contribution in [2.45, 2.75) is 44.8 Å². The molecule has 1 aliphatic heterocycles. The molecule has 5 nitrogen and oxygen atoms in total. The van der Waals surface area contributed by atoms with Gasteiger partial charge < -0.3 is 20.9 Å². The van der Waals surface area contributed by atoms with E-state index in [0.29, 0.717) is 13.2 Å². The maximum atomic E-state index is 12.5. The second-order valence-corrected chi connectivity index (χ2v) is 7.12. The molecule has 1 amide bonds. The number of nitrogens with one attached hydrogen (secondary N) is 1. The third kappa shape index (κ3) is 1.61. The van der Waals surface area contributed by atoms with Crippen molar-refractivity contribution in [1.82, 2.24) is 5.32 Å². The van der Waals surface area contributed by atoms with Crippen molar-refractivity contribution in [2.75, 3.05) is 19.8 Å². The van der Waals surface area contributed by atoms with Crippen LogP contribution in [0.2, 0.25) is 0 Å². The van der Waals surface area contributed by atoms with Gasteiger partial charge in [-0.3, -0.25) is 4.79 Å². The number of ether oxygens (including phenoxy) is 1. The zero-order valence-corrected chi connectivity index (χ0v) is 11.7. The van der Waals surface area contributed by atoms with E-state index in [4.69, 9.17) is 10.5 Å². The second-order valence-electron chi connectivity index (χ2n) is 7.12. The average Bonchev–Trinajstić information content (AvgIpc) is 3.01. The van der Waals surface area contributed by atoms with E-state index in [1.807, 2.05) is 13.8 Å². The standard InChI is InChI=1S/C14H24N2O3/c1-12(2)10-9(3-6-19-10)14(12,15)11(18)16-7-13(8-17)4-5-13/h9-10,17H,3-8,15H2,1-2H3,(H,16,18). The summed E-state index contributed by atoms with van der Waals surface area (Å²) in [6.07, 6.45) is 2.94. The lowest BCUT2D eigenvalue weighted by atomic mass is 9.48. The summed E-state index contributed by atoms with van der Waals surface area (Å²) in [4.78, 5) is 12.5. The van der Waals surface area contributed by atoms with Crippen LogP contribution < -0.4 is 11.1 Å². The van der Waals surface area contributed by atoms with Crippen LogP contribution in [0.3, 0.4) is 0 Å². The predicted octanol–water partition coefficient (Wildman–Crippen LogP) is 0.0175. The van der Waals surface area contributed by atoms with Crippen LogP contribution in [0.4, 0.5) is 0 Å². The highest BCUT2D eigenvalue weighted by Gasteiger charge is 2.71. The molecule has 3 atom stereocenters. The molecule has 0 aromatic heterocycles. The van der Waals surface area contributed by atoms with Crippen molar-refractivity contribution in [3.63, 3.8) is 0 Å². The Morgan fingerprint density at radius 3 is 2.74 bits per heavy atom. The van der Waals surface area contributed by atoms with Crippen LogP contribution in [0.15, 0.2) is 0 Å². The minimum Gasteiger partial charge on any atom is -0.396 e. The molecular weight excluding hydrogens is 244 g/mol. The first kappa shape index (κ1) is 13.3. The quantitative estimate of drug-likeness (QED) is 0.671. The molecule has 3 rings (SSSR count). The third-order valence-electron chi connectivity index (χ3n) is 5.75. The fourth-order valence-electron chi connectivity index (χ4n) is 3.83. The van der Waals surface area contributed by atoms with Crippen LogP contribution >= 0.6 is 0 Å².